The maximum absolute atomic E-state index is 13.2. The van der Waals surface area contributed by atoms with Gasteiger partial charge in [-0.3, -0.25) is 9.59 Å². The molecule has 0 aliphatic heterocycles. The second kappa shape index (κ2) is 8.14. The fourth-order valence-corrected chi connectivity index (χ4v) is 1.38. The van der Waals surface area contributed by atoms with Gasteiger partial charge in [0.2, 0.25) is 0 Å². The van der Waals surface area contributed by atoms with Crippen LogP contribution in [0.3, 0.4) is 0 Å². The first kappa shape index (κ1) is 15.9. The number of carbonyl (C=O) groups excluding carboxylic acids is 2. The van der Waals surface area contributed by atoms with Crippen molar-refractivity contribution >= 4 is 11.9 Å². The van der Waals surface area contributed by atoms with Gasteiger partial charge in [0.05, 0.1) is 12.5 Å². The van der Waals surface area contributed by atoms with Gasteiger partial charge in [0.1, 0.15) is 0 Å². The Hall–Kier alpha value is -2.11. The number of ether oxygens (including phenoxy) is 2. The standard InChI is InChI=1S/C14H18FNO4/c1-10(2)20-14(18)7-8-16-13(17)9-19-12-6-4-3-5-11(12)15/h3-6,10H,7-9H2,1-2H3,(H,16,17). The van der Waals surface area contributed by atoms with Crippen LogP contribution in [0.1, 0.15) is 20.3 Å². The largest absolute Gasteiger partial charge is 0.481 e. The number of hydrogen-bond donors (Lipinski definition) is 1. The number of benzene rings is 1. The summed E-state index contributed by atoms with van der Waals surface area (Å²) in [6.07, 6.45) is -0.0912. The van der Waals surface area contributed by atoms with Crippen molar-refractivity contribution in [3.63, 3.8) is 0 Å². The monoisotopic (exact) mass is 283 g/mol. The van der Waals surface area contributed by atoms with Crippen molar-refractivity contribution in [1.82, 2.24) is 5.32 Å². The van der Waals surface area contributed by atoms with Crippen LogP contribution in [0.4, 0.5) is 4.39 Å². The summed E-state index contributed by atoms with van der Waals surface area (Å²) in [7, 11) is 0. The van der Waals surface area contributed by atoms with Crippen molar-refractivity contribution in [2.24, 2.45) is 0 Å². The van der Waals surface area contributed by atoms with E-state index in [2.05, 4.69) is 5.32 Å². The van der Waals surface area contributed by atoms with Crippen molar-refractivity contribution in [2.45, 2.75) is 26.4 Å². The minimum atomic E-state index is -0.527. The number of esters is 1. The number of para-hydroxylation sites is 1. The fourth-order valence-electron chi connectivity index (χ4n) is 1.38. The maximum atomic E-state index is 13.2. The van der Waals surface area contributed by atoms with E-state index in [1.54, 1.807) is 19.9 Å². The number of rotatable bonds is 7. The SMILES string of the molecule is CC(C)OC(=O)CCNC(=O)COc1ccccc1F. The Bertz CT molecular complexity index is 462. The predicted molar refractivity (Wildman–Crippen MR) is 70.7 cm³/mol. The molecule has 1 aromatic rings. The normalized spacial score (nSPS) is 10.2. The zero-order valence-corrected chi connectivity index (χ0v) is 11.5. The van der Waals surface area contributed by atoms with Gasteiger partial charge in [-0.25, -0.2) is 4.39 Å². The smallest absolute Gasteiger partial charge is 0.307 e. The number of nitrogens with one attached hydrogen (secondary N) is 1. The van der Waals surface area contributed by atoms with E-state index in [1.807, 2.05) is 0 Å². The molecule has 0 atom stereocenters. The van der Waals surface area contributed by atoms with E-state index in [0.29, 0.717) is 0 Å². The van der Waals surface area contributed by atoms with Gasteiger partial charge in [0.25, 0.3) is 5.91 Å². The molecule has 0 saturated heterocycles. The summed E-state index contributed by atoms with van der Waals surface area (Å²) in [5, 5.41) is 2.49. The van der Waals surface area contributed by atoms with Crippen molar-refractivity contribution in [3.8, 4) is 5.75 Å². The summed E-state index contributed by atoms with van der Waals surface area (Å²) in [6, 6.07) is 5.82. The van der Waals surface area contributed by atoms with Crippen molar-refractivity contribution in [3.05, 3.63) is 30.1 Å². The van der Waals surface area contributed by atoms with Crippen molar-refractivity contribution in [2.75, 3.05) is 13.2 Å². The lowest BCUT2D eigenvalue weighted by atomic mass is 10.3. The third kappa shape index (κ3) is 6.17. The average molecular weight is 283 g/mol. The Morgan fingerprint density at radius 3 is 2.65 bits per heavy atom. The first-order chi connectivity index (χ1) is 9.49. The summed E-state index contributed by atoms with van der Waals surface area (Å²) >= 11 is 0. The van der Waals surface area contributed by atoms with Gasteiger partial charge in [-0.15, -0.1) is 0 Å². The molecule has 0 bridgehead atoms. The molecule has 0 heterocycles. The van der Waals surface area contributed by atoms with Crippen LogP contribution in [0.25, 0.3) is 0 Å². The number of amides is 1. The Morgan fingerprint density at radius 2 is 2.00 bits per heavy atom. The molecule has 0 saturated carbocycles. The first-order valence-electron chi connectivity index (χ1n) is 6.32. The number of carbonyl (C=O) groups is 2. The van der Waals surface area contributed by atoms with Crippen LogP contribution < -0.4 is 10.1 Å². The molecule has 1 N–H and O–H groups in total. The lowest BCUT2D eigenvalue weighted by molar-refractivity contribution is -0.147. The van der Waals surface area contributed by atoms with Gasteiger partial charge in [0, 0.05) is 6.54 Å². The number of halogens is 1. The Morgan fingerprint density at radius 1 is 1.30 bits per heavy atom. The van der Waals surface area contributed by atoms with E-state index >= 15 is 0 Å². The average Bonchev–Trinajstić information content (AvgIpc) is 2.37. The molecule has 0 fully saturated rings. The summed E-state index contributed by atoms with van der Waals surface area (Å²) in [5.41, 5.74) is 0. The molecule has 110 valence electrons. The third-order valence-electron chi connectivity index (χ3n) is 2.21. The molecule has 0 aliphatic carbocycles. The topological polar surface area (TPSA) is 64.6 Å². The second-order valence-electron chi connectivity index (χ2n) is 4.36. The highest BCUT2D eigenvalue weighted by molar-refractivity contribution is 5.78. The molecule has 0 spiro atoms. The van der Waals surface area contributed by atoms with Crippen LogP contribution in [0.15, 0.2) is 24.3 Å². The molecular formula is C14H18FNO4. The summed E-state index contributed by atoms with van der Waals surface area (Å²) in [4.78, 5) is 22.6. The van der Waals surface area contributed by atoms with Crippen molar-refractivity contribution < 1.29 is 23.5 Å². The second-order valence-corrected chi connectivity index (χ2v) is 4.36. The third-order valence-corrected chi connectivity index (χ3v) is 2.21. The van der Waals surface area contributed by atoms with E-state index < -0.39 is 11.7 Å². The van der Waals surface area contributed by atoms with Crippen LogP contribution in [0.2, 0.25) is 0 Å². The molecule has 5 nitrogen and oxygen atoms in total. The van der Waals surface area contributed by atoms with Crippen LogP contribution in [0, 0.1) is 5.82 Å². The van der Waals surface area contributed by atoms with E-state index in [-0.39, 0.29) is 37.4 Å². The lowest BCUT2D eigenvalue weighted by Crippen LogP contribution is -2.31. The molecular weight excluding hydrogens is 265 g/mol. The van der Waals surface area contributed by atoms with E-state index in [9.17, 15) is 14.0 Å². The molecule has 1 aromatic carbocycles. The minimum Gasteiger partial charge on any atom is -0.481 e. The number of hydrogen-bond acceptors (Lipinski definition) is 4. The van der Waals surface area contributed by atoms with Gasteiger partial charge in [0.15, 0.2) is 18.2 Å². The quantitative estimate of drug-likeness (QED) is 0.773. The molecule has 0 aliphatic rings. The van der Waals surface area contributed by atoms with Gasteiger partial charge in [-0.1, -0.05) is 12.1 Å². The molecule has 20 heavy (non-hydrogen) atoms. The minimum absolute atomic E-state index is 0.0156. The summed E-state index contributed by atoms with van der Waals surface area (Å²) in [5.74, 6) is -1.32. The highest BCUT2D eigenvalue weighted by atomic mass is 19.1. The van der Waals surface area contributed by atoms with Gasteiger partial charge < -0.3 is 14.8 Å². The highest BCUT2D eigenvalue weighted by Gasteiger charge is 2.08. The summed E-state index contributed by atoms with van der Waals surface area (Å²) < 4.78 is 23.1. The van der Waals surface area contributed by atoms with E-state index in [4.69, 9.17) is 9.47 Å². The zero-order chi connectivity index (χ0) is 15.0. The molecule has 1 rings (SSSR count). The van der Waals surface area contributed by atoms with E-state index in [0.717, 1.165) is 0 Å². The Kier molecular flexibility index (Phi) is 6.49. The summed E-state index contributed by atoms with van der Waals surface area (Å²) in [6.45, 7) is 3.35. The zero-order valence-electron chi connectivity index (χ0n) is 11.5. The molecule has 0 radical (unpaired) electrons. The van der Waals surface area contributed by atoms with Gasteiger partial charge >= 0.3 is 5.97 Å². The molecule has 6 heteroatoms. The van der Waals surface area contributed by atoms with Crippen LogP contribution in [-0.2, 0) is 14.3 Å². The Balaban J connectivity index is 2.21. The molecule has 1 amide bonds. The van der Waals surface area contributed by atoms with Crippen molar-refractivity contribution in [1.29, 1.82) is 0 Å². The Labute approximate surface area is 117 Å². The lowest BCUT2D eigenvalue weighted by Gasteiger charge is -2.09. The molecule has 0 unspecified atom stereocenters. The van der Waals surface area contributed by atoms with Crippen LogP contribution >= 0.6 is 0 Å². The predicted octanol–water partition coefficient (Wildman–Crippen LogP) is 1.66. The van der Waals surface area contributed by atoms with E-state index in [1.165, 1.54) is 18.2 Å². The van der Waals surface area contributed by atoms with Crippen LogP contribution in [0.5, 0.6) is 5.75 Å². The molecule has 0 aromatic heterocycles. The van der Waals surface area contributed by atoms with Gasteiger partial charge in [-0.05, 0) is 26.0 Å². The maximum Gasteiger partial charge on any atom is 0.307 e. The first-order valence-corrected chi connectivity index (χ1v) is 6.32. The fraction of sp³-hybridized carbons (Fsp3) is 0.429. The van der Waals surface area contributed by atoms with Crippen LogP contribution in [-0.4, -0.2) is 31.1 Å². The van der Waals surface area contributed by atoms with Gasteiger partial charge in [-0.2, -0.15) is 0 Å². The highest BCUT2D eigenvalue weighted by Crippen LogP contribution is 2.14.